The third kappa shape index (κ3) is 4.96. The minimum absolute atomic E-state index is 0.0510. The number of hydrogen-bond acceptors (Lipinski definition) is 6. The van der Waals surface area contributed by atoms with Crippen molar-refractivity contribution in [1.29, 1.82) is 0 Å². The second kappa shape index (κ2) is 9.58. The number of piperazine rings is 1. The van der Waals surface area contributed by atoms with E-state index in [0.29, 0.717) is 44.1 Å². The molecule has 3 aliphatic heterocycles. The number of nitrogens with zero attached hydrogens (tertiary/aromatic N) is 5. The molecule has 0 radical (unpaired) electrons. The van der Waals surface area contributed by atoms with Crippen molar-refractivity contribution in [2.24, 2.45) is 4.40 Å². The molecular formula is C22H31N5O4S. The lowest BCUT2D eigenvalue weighted by Crippen LogP contribution is -2.53. The van der Waals surface area contributed by atoms with Crippen LogP contribution in [-0.4, -0.2) is 105 Å². The zero-order valence-corrected chi connectivity index (χ0v) is 19.4. The Balaban J connectivity index is 1.28. The highest BCUT2D eigenvalue weighted by Gasteiger charge is 2.32. The SMILES string of the molecule is CN(CC(=O)N1CCN(CC(=O)N2CCCCCC2)CC1)C1=NS(=O)(=O)c2ccccc21. The van der Waals surface area contributed by atoms with Crippen LogP contribution in [0.5, 0.6) is 0 Å². The van der Waals surface area contributed by atoms with E-state index in [4.69, 9.17) is 0 Å². The van der Waals surface area contributed by atoms with Crippen molar-refractivity contribution >= 4 is 27.7 Å². The van der Waals surface area contributed by atoms with Crippen LogP contribution in [0.4, 0.5) is 0 Å². The predicted molar refractivity (Wildman–Crippen MR) is 121 cm³/mol. The van der Waals surface area contributed by atoms with Gasteiger partial charge in [0.15, 0.2) is 5.84 Å². The Morgan fingerprint density at radius 1 is 0.906 bits per heavy atom. The molecule has 0 N–H and O–H groups in total. The fraction of sp³-hybridized carbons (Fsp3) is 0.591. The third-order valence-electron chi connectivity index (χ3n) is 6.39. The monoisotopic (exact) mass is 461 g/mol. The smallest absolute Gasteiger partial charge is 0.285 e. The largest absolute Gasteiger partial charge is 0.349 e. The van der Waals surface area contributed by atoms with Crippen LogP contribution in [0.1, 0.15) is 31.2 Å². The number of hydrogen-bond donors (Lipinski definition) is 0. The van der Waals surface area contributed by atoms with Crippen molar-refractivity contribution < 1.29 is 18.0 Å². The molecule has 10 heteroatoms. The van der Waals surface area contributed by atoms with Crippen molar-refractivity contribution in [3.05, 3.63) is 29.8 Å². The topological polar surface area (TPSA) is 93.6 Å². The summed E-state index contributed by atoms with van der Waals surface area (Å²) in [5.41, 5.74) is 0.527. The number of amidine groups is 1. The van der Waals surface area contributed by atoms with E-state index in [2.05, 4.69) is 9.30 Å². The van der Waals surface area contributed by atoms with Gasteiger partial charge < -0.3 is 14.7 Å². The number of fused-ring (bicyclic) bond motifs is 1. The van der Waals surface area contributed by atoms with E-state index in [1.165, 1.54) is 18.9 Å². The maximum atomic E-state index is 12.8. The summed E-state index contributed by atoms with van der Waals surface area (Å²) in [6.45, 7) is 4.60. The predicted octanol–water partition coefficient (Wildman–Crippen LogP) is 0.614. The quantitative estimate of drug-likeness (QED) is 0.652. The van der Waals surface area contributed by atoms with Crippen LogP contribution in [0, 0.1) is 0 Å². The summed E-state index contributed by atoms with van der Waals surface area (Å²) in [6, 6.07) is 6.66. The Bertz CT molecular complexity index is 993. The van der Waals surface area contributed by atoms with Crippen molar-refractivity contribution in [3.8, 4) is 0 Å². The lowest BCUT2D eigenvalue weighted by molar-refractivity contribution is -0.135. The molecule has 2 saturated heterocycles. The zero-order valence-electron chi connectivity index (χ0n) is 18.6. The summed E-state index contributed by atoms with van der Waals surface area (Å²) >= 11 is 0. The molecule has 1 aromatic rings. The first-order chi connectivity index (χ1) is 15.3. The number of sulfonamides is 1. The van der Waals surface area contributed by atoms with Crippen LogP contribution in [0.2, 0.25) is 0 Å². The van der Waals surface area contributed by atoms with Crippen LogP contribution in [0.15, 0.2) is 33.6 Å². The van der Waals surface area contributed by atoms with Crippen LogP contribution in [0.3, 0.4) is 0 Å². The summed E-state index contributed by atoms with van der Waals surface area (Å²) in [5, 5.41) is 0. The molecule has 2 amide bonds. The Morgan fingerprint density at radius 3 is 2.22 bits per heavy atom. The van der Waals surface area contributed by atoms with E-state index in [0.717, 1.165) is 25.9 Å². The van der Waals surface area contributed by atoms with Gasteiger partial charge in [0.05, 0.1) is 13.1 Å². The molecule has 9 nitrogen and oxygen atoms in total. The van der Waals surface area contributed by atoms with Crippen molar-refractivity contribution in [1.82, 2.24) is 19.6 Å². The molecule has 0 atom stereocenters. The van der Waals surface area contributed by atoms with Gasteiger partial charge in [0.2, 0.25) is 11.8 Å². The Labute approximate surface area is 189 Å². The van der Waals surface area contributed by atoms with Gasteiger partial charge in [-0.25, -0.2) is 0 Å². The maximum Gasteiger partial charge on any atom is 0.285 e. The fourth-order valence-corrected chi connectivity index (χ4v) is 5.76. The second-order valence-corrected chi connectivity index (χ2v) is 10.3. The molecule has 0 unspecified atom stereocenters. The van der Waals surface area contributed by atoms with Crippen LogP contribution in [-0.2, 0) is 19.6 Å². The molecule has 2 fully saturated rings. The molecule has 4 rings (SSSR count). The van der Waals surface area contributed by atoms with E-state index < -0.39 is 10.0 Å². The number of rotatable bonds is 4. The van der Waals surface area contributed by atoms with E-state index >= 15 is 0 Å². The molecular weight excluding hydrogens is 430 g/mol. The molecule has 1 aromatic carbocycles. The normalized spacial score (nSPS) is 21.0. The highest BCUT2D eigenvalue weighted by Crippen LogP contribution is 2.26. The number of likely N-dealkylation sites (tertiary alicyclic amines) is 1. The Kier molecular flexibility index (Phi) is 6.80. The summed E-state index contributed by atoms with van der Waals surface area (Å²) in [6.07, 6.45) is 4.56. The maximum absolute atomic E-state index is 12.8. The molecule has 0 saturated carbocycles. The van der Waals surface area contributed by atoms with Crippen molar-refractivity contribution in [3.63, 3.8) is 0 Å². The molecule has 32 heavy (non-hydrogen) atoms. The molecule has 0 aromatic heterocycles. The first-order valence-electron chi connectivity index (χ1n) is 11.3. The number of benzene rings is 1. The number of carbonyl (C=O) groups is 2. The minimum Gasteiger partial charge on any atom is -0.349 e. The second-order valence-electron chi connectivity index (χ2n) is 8.69. The van der Waals surface area contributed by atoms with Gasteiger partial charge >= 0.3 is 0 Å². The van der Waals surface area contributed by atoms with Crippen molar-refractivity contribution in [2.75, 3.05) is 59.4 Å². The fourth-order valence-electron chi connectivity index (χ4n) is 4.51. The highest BCUT2D eigenvalue weighted by atomic mass is 32.2. The van der Waals surface area contributed by atoms with Gasteiger partial charge in [-0.1, -0.05) is 25.0 Å². The third-order valence-corrected chi connectivity index (χ3v) is 7.71. The van der Waals surface area contributed by atoms with E-state index in [1.54, 1.807) is 35.0 Å². The number of likely N-dealkylation sites (N-methyl/N-ethyl adjacent to an activating group) is 1. The van der Waals surface area contributed by atoms with E-state index in [1.807, 2.05) is 4.90 Å². The summed E-state index contributed by atoms with van der Waals surface area (Å²) in [5.74, 6) is 0.414. The number of amides is 2. The van der Waals surface area contributed by atoms with Gasteiger partial charge in [-0.05, 0) is 25.0 Å². The Hall–Kier alpha value is -2.46. The first kappa shape index (κ1) is 22.7. The minimum atomic E-state index is -3.71. The average molecular weight is 462 g/mol. The highest BCUT2D eigenvalue weighted by molar-refractivity contribution is 7.90. The lowest BCUT2D eigenvalue weighted by atomic mass is 10.2. The van der Waals surface area contributed by atoms with Gasteiger partial charge in [0, 0.05) is 51.9 Å². The van der Waals surface area contributed by atoms with Gasteiger partial charge in [-0.15, -0.1) is 4.40 Å². The van der Waals surface area contributed by atoms with Gasteiger partial charge in [-0.3, -0.25) is 14.5 Å². The van der Waals surface area contributed by atoms with Gasteiger partial charge in [0.25, 0.3) is 10.0 Å². The molecule has 0 spiro atoms. The van der Waals surface area contributed by atoms with E-state index in [-0.39, 0.29) is 23.3 Å². The van der Waals surface area contributed by atoms with Crippen LogP contribution < -0.4 is 0 Å². The zero-order chi connectivity index (χ0) is 22.7. The summed E-state index contributed by atoms with van der Waals surface area (Å²) in [4.78, 5) is 33.1. The van der Waals surface area contributed by atoms with Crippen LogP contribution in [0.25, 0.3) is 0 Å². The molecule has 174 valence electrons. The first-order valence-corrected chi connectivity index (χ1v) is 12.7. The number of carbonyl (C=O) groups excluding carboxylic acids is 2. The van der Waals surface area contributed by atoms with Crippen molar-refractivity contribution in [2.45, 2.75) is 30.6 Å². The van der Waals surface area contributed by atoms with E-state index in [9.17, 15) is 18.0 Å². The van der Waals surface area contributed by atoms with Crippen LogP contribution >= 0.6 is 0 Å². The molecule has 3 aliphatic rings. The molecule has 0 aliphatic carbocycles. The van der Waals surface area contributed by atoms with Gasteiger partial charge in [0.1, 0.15) is 4.90 Å². The lowest BCUT2D eigenvalue weighted by Gasteiger charge is -2.36. The Morgan fingerprint density at radius 2 is 1.53 bits per heavy atom. The summed E-state index contributed by atoms with van der Waals surface area (Å²) in [7, 11) is -2.03. The molecule has 0 bridgehead atoms. The standard InChI is InChI=1S/C22H31N5O4S/c1-24(22-18-8-4-5-9-19(18)32(30,31)23-22)16-20(28)27-14-12-25(13-15-27)17-21(29)26-10-6-2-3-7-11-26/h4-5,8-9H,2-3,6-7,10-17H2,1H3. The average Bonchev–Trinajstić information content (AvgIpc) is 2.93. The summed E-state index contributed by atoms with van der Waals surface area (Å²) < 4.78 is 28.4. The van der Waals surface area contributed by atoms with Gasteiger partial charge in [-0.2, -0.15) is 8.42 Å². The molecule has 3 heterocycles.